The van der Waals surface area contributed by atoms with E-state index in [9.17, 15) is 9.59 Å². The van der Waals surface area contributed by atoms with Crippen molar-refractivity contribution in [1.82, 2.24) is 4.90 Å². The van der Waals surface area contributed by atoms with Crippen molar-refractivity contribution < 1.29 is 14.3 Å². The van der Waals surface area contributed by atoms with Crippen molar-refractivity contribution in [3.8, 4) is 10.4 Å². The van der Waals surface area contributed by atoms with Crippen molar-refractivity contribution in [2.24, 2.45) is 5.92 Å². The van der Waals surface area contributed by atoms with E-state index in [1.54, 1.807) is 28.4 Å². The van der Waals surface area contributed by atoms with E-state index in [2.05, 4.69) is 10.2 Å². The topological polar surface area (TPSA) is 61.9 Å². The molecule has 4 aliphatic rings. The third-order valence-corrected chi connectivity index (χ3v) is 8.22. The molecule has 1 atom stereocenters. The maximum atomic E-state index is 12.8. The Hall–Kier alpha value is -3.16. The van der Waals surface area contributed by atoms with Crippen molar-refractivity contribution in [2.75, 3.05) is 36.4 Å². The standard InChI is InChI=1S/C26H25N3O3S/c30-24(18-5-2-1-3-6-18)27-21-8-4-7-19(15-21)22-9-10-23(33-22)29-17-26(32-25(29)31)16-28-13-11-20(26)12-14-28/h1-10,15,20H,11-14,16-17H2,(H,27,30)/t26-/m1/s1. The fraction of sp³-hybridized carbons (Fsp3) is 0.308. The summed E-state index contributed by atoms with van der Waals surface area (Å²) in [5, 5.41) is 3.87. The number of benzene rings is 2. The van der Waals surface area contributed by atoms with Gasteiger partial charge in [0.1, 0.15) is 10.6 Å². The van der Waals surface area contributed by atoms with Gasteiger partial charge in [-0.15, -0.1) is 11.3 Å². The monoisotopic (exact) mass is 459 g/mol. The van der Waals surface area contributed by atoms with Gasteiger partial charge in [0.25, 0.3) is 5.91 Å². The molecule has 6 nitrogen and oxygen atoms in total. The summed E-state index contributed by atoms with van der Waals surface area (Å²) in [5.74, 6) is 0.322. The first-order chi connectivity index (χ1) is 16.1. The zero-order valence-corrected chi connectivity index (χ0v) is 19.0. The summed E-state index contributed by atoms with van der Waals surface area (Å²) in [6, 6.07) is 21.0. The number of amides is 2. The quantitative estimate of drug-likeness (QED) is 0.591. The number of hydrogen-bond donors (Lipinski definition) is 1. The summed E-state index contributed by atoms with van der Waals surface area (Å²) >= 11 is 1.58. The van der Waals surface area contributed by atoms with Crippen LogP contribution in [0.5, 0.6) is 0 Å². The molecule has 7 rings (SSSR count). The zero-order chi connectivity index (χ0) is 22.4. The number of hydrogen-bond acceptors (Lipinski definition) is 5. The van der Waals surface area contributed by atoms with Crippen molar-refractivity contribution >= 4 is 34.0 Å². The highest BCUT2D eigenvalue weighted by Crippen LogP contribution is 2.45. The maximum Gasteiger partial charge on any atom is 0.415 e. The number of ether oxygens (including phenoxy) is 1. The van der Waals surface area contributed by atoms with E-state index in [-0.39, 0.29) is 17.6 Å². The summed E-state index contributed by atoms with van der Waals surface area (Å²) < 4.78 is 6.02. The Morgan fingerprint density at radius 3 is 2.58 bits per heavy atom. The molecular formula is C26H25N3O3S. The smallest absolute Gasteiger partial charge is 0.415 e. The lowest BCUT2D eigenvalue weighted by Gasteiger charge is -2.49. The molecular weight excluding hydrogens is 434 g/mol. The molecule has 0 aliphatic carbocycles. The molecule has 3 aromatic rings. The summed E-state index contributed by atoms with van der Waals surface area (Å²) in [4.78, 5) is 30.6. The average molecular weight is 460 g/mol. The van der Waals surface area contributed by atoms with Crippen LogP contribution in [0.1, 0.15) is 23.2 Å². The molecule has 4 saturated heterocycles. The Bertz CT molecular complexity index is 1200. The van der Waals surface area contributed by atoms with Gasteiger partial charge < -0.3 is 10.1 Å². The molecule has 1 aromatic heterocycles. The van der Waals surface area contributed by atoms with Gasteiger partial charge >= 0.3 is 6.09 Å². The second-order valence-corrected chi connectivity index (χ2v) is 10.2. The minimum absolute atomic E-state index is 0.137. The van der Waals surface area contributed by atoms with E-state index >= 15 is 0 Å². The van der Waals surface area contributed by atoms with E-state index in [4.69, 9.17) is 4.74 Å². The zero-order valence-electron chi connectivity index (χ0n) is 18.2. The lowest BCUT2D eigenvalue weighted by Crippen LogP contribution is -2.61. The van der Waals surface area contributed by atoms with Gasteiger partial charge in [-0.05, 0) is 67.9 Å². The van der Waals surface area contributed by atoms with Crippen LogP contribution in [-0.2, 0) is 4.74 Å². The van der Waals surface area contributed by atoms with E-state index in [0.717, 1.165) is 53.6 Å². The third-order valence-electron chi connectivity index (χ3n) is 7.06. The van der Waals surface area contributed by atoms with E-state index in [1.165, 1.54) is 0 Å². The molecule has 2 bridgehead atoms. The highest BCUT2D eigenvalue weighted by molar-refractivity contribution is 7.19. The summed E-state index contributed by atoms with van der Waals surface area (Å²) in [6.07, 6.45) is 1.98. The van der Waals surface area contributed by atoms with Gasteiger partial charge in [0.05, 0.1) is 6.54 Å². The molecule has 0 unspecified atom stereocenters. The van der Waals surface area contributed by atoms with Crippen molar-refractivity contribution in [1.29, 1.82) is 0 Å². The van der Waals surface area contributed by atoms with Gasteiger partial charge in [-0.1, -0.05) is 30.3 Å². The Balaban J connectivity index is 1.20. The van der Waals surface area contributed by atoms with Crippen LogP contribution in [-0.4, -0.2) is 48.7 Å². The second kappa shape index (κ2) is 8.01. The third kappa shape index (κ3) is 3.71. The minimum atomic E-state index is -0.362. The fourth-order valence-electron chi connectivity index (χ4n) is 5.35. The Morgan fingerprint density at radius 2 is 1.82 bits per heavy atom. The Kier molecular flexibility index (Phi) is 4.96. The number of piperidine rings is 3. The molecule has 4 aliphatic heterocycles. The first kappa shape index (κ1) is 20.4. The van der Waals surface area contributed by atoms with Crippen molar-refractivity contribution in [3.05, 3.63) is 72.3 Å². The number of nitrogens with one attached hydrogen (secondary N) is 1. The highest BCUT2D eigenvalue weighted by Gasteiger charge is 2.55. The van der Waals surface area contributed by atoms with Gasteiger partial charge in [-0.25, -0.2) is 4.79 Å². The largest absolute Gasteiger partial charge is 0.439 e. The van der Waals surface area contributed by atoms with E-state index in [0.29, 0.717) is 18.0 Å². The number of carbonyl (C=O) groups excluding carboxylic acids is 2. The van der Waals surface area contributed by atoms with Crippen LogP contribution in [0.3, 0.4) is 0 Å². The number of carbonyl (C=O) groups is 2. The summed E-state index contributed by atoms with van der Waals surface area (Å²) in [7, 11) is 0. The van der Waals surface area contributed by atoms with Crippen LogP contribution in [0, 0.1) is 5.92 Å². The van der Waals surface area contributed by atoms with Gasteiger partial charge in [-0.3, -0.25) is 14.6 Å². The maximum absolute atomic E-state index is 12.8. The Morgan fingerprint density at radius 1 is 1.00 bits per heavy atom. The van der Waals surface area contributed by atoms with Crippen LogP contribution in [0.2, 0.25) is 0 Å². The van der Waals surface area contributed by atoms with Crippen molar-refractivity contribution in [3.63, 3.8) is 0 Å². The molecule has 4 fully saturated rings. The lowest BCUT2D eigenvalue weighted by atomic mass is 9.75. The average Bonchev–Trinajstić information content (AvgIpc) is 3.45. The van der Waals surface area contributed by atoms with Gasteiger partial charge in [0.15, 0.2) is 0 Å². The van der Waals surface area contributed by atoms with Crippen LogP contribution < -0.4 is 10.2 Å². The van der Waals surface area contributed by atoms with Gasteiger partial charge in [0, 0.05) is 28.6 Å². The second-order valence-electron chi connectivity index (χ2n) is 9.11. The first-order valence-electron chi connectivity index (χ1n) is 11.4. The number of fused-ring (bicyclic) bond motifs is 2. The predicted molar refractivity (Wildman–Crippen MR) is 130 cm³/mol. The molecule has 168 valence electrons. The van der Waals surface area contributed by atoms with Crippen LogP contribution in [0.25, 0.3) is 10.4 Å². The molecule has 2 amide bonds. The highest BCUT2D eigenvalue weighted by atomic mass is 32.1. The van der Waals surface area contributed by atoms with Crippen LogP contribution in [0.15, 0.2) is 66.7 Å². The van der Waals surface area contributed by atoms with Crippen LogP contribution >= 0.6 is 11.3 Å². The molecule has 0 radical (unpaired) electrons. The molecule has 2 aromatic carbocycles. The Labute approximate surface area is 196 Å². The minimum Gasteiger partial charge on any atom is -0.439 e. The van der Waals surface area contributed by atoms with E-state index in [1.807, 2.05) is 54.6 Å². The normalized spacial score (nSPS) is 25.9. The number of rotatable bonds is 4. The molecule has 1 N–H and O–H groups in total. The molecule has 0 saturated carbocycles. The fourth-order valence-corrected chi connectivity index (χ4v) is 6.34. The number of thiophene rings is 1. The molecule has 1 spiro atoms. The number of anilines is 2. The lowest BCUT2D eigenvalue weighted by molar-refractivity contribution is -0.0881. The number of nitrogens with zero attached hydrogens (tertiary/aromatic N) is 2. The SMILES string of the molecule is O=C(Nc1cccc(-c2ccc(N3C[C@@]4(CN5CCC4CC5)OC3=O)s2)c1)c1ccccc1. The van der Waals surface area contributed by atoms with Crippen molar-refractivity contribution in [2.45, 2.75) is 18.4 Å². The van der Waals surface area contributed by atoms with Crippen LogP contribution in [0.4, 0.5) is 15.5 Å². The summed E-state index contributed by atoms with van der Waals surface area (Å²) in [6.45, 7) is 3.70. The first-order valence-corrected chi connectivity index (χ1v) is 12.2. The molecule has 33 heavy (non-hydrogen) atoms. The summed E-state index contributed by atoms with van der Waals surface area (Å²) in [5.41, 5.74) is 2.00. The molecule has 5 heterocycles. The molecule has 7 heteroatoms. The predicted octanol–water partition coefficient (Wildman–Crippen LogP) is 5.09. The van der Waals surface area contributed by atoms with Gasteiger partial charge in [0.2, 0.25) is 0 Å². The van der Waals surface area contributed by atoms with Gasteiger partial charge in [-0.2, -0.15) is 0 Å². The van der Waals surface area contributed by atoms with E-state index < -0.39 is 0 Å².